The van der Waals surface area contributed by atoms with Gasteiger partial charge in [-0.25, -0.2) is 0 Å². The Kier molecular flexibility index (Phi) is 6.99. The van der Waals surface area contributed by atoms with Crippen LogP contribution in [0, 0.1) is 0 Å². The summed E-state index contributed by atoms with van der Waals surface area (Å²) in [5.41, 5.74) is 5.98. The van der Waals surface area contributed by atoms with Gasteiger partial charge in [0.15, 0.2) is 0 Å². The lowest BCUT2D eigenvalue weighted by Crippen LogP contribution is -2.54. The second-order valence-electron chi connectivity index (χ2n) is 5.89. The number of thioether (sulfide) groups is 1. The molecule has 1 unspecified atom stereocenters. The van der Waals surface area contributed by atoms with Gasteiger partial charge in [0.1, 0.15) is 0 Å². The van der Waals surface area contributed by atoms with Gasteiger partial charge in [-0.2, -0.15) is 11.8 Å². The van der Waals surface area contributed by atoms with Crippen molar-refractivity contribution in [3.63, 3.8) is 0 Å². The first-order valence-corrected chi connectivity index (χ1v) is 9.26. The molecule has 2 fully saturated rings. The Morgan fingerprint density at radius 2 is 1.84 bits per heavy atom. The molecule has 4 heteroatoms. The molecule has 0 aromatic heterocycles. The average Bonchev–Trinajstić information content (AvgIpc) is 2.98. The van der Waals surface area contributed by atoms with Crippen LogP contribution in [0.4, 0.5) is 0 Å². The molecular weight excluding hydrogens is 254 g/mol. The van der Waals surface area contributed by atoms with E-state index in [0.717, 1.165) is 12.6 Å². The quantitative estimate of drug-likeness (QED) is 0.725. The molecule has 1 saturated heterocycles. The lowest BCUT2D eigenvalue weighted by molar-refractivity contribution is 0.0716. The van der Waals surface area contributed by atoms with E-state index in [4.69, 9.17) is 5.73 Å². The van der Waals surface area contributed by atoms with Crippen LogP contribution in [-0.2, 0) is 0 Å². The molecule has 2 N–H and O–H groups in total. The van der Waals surface area contributed by atoms with Gasteiger partial charge in [0, 0.05) is 44.8 Å². The fourth-order valence-electron chi connectivity index (χ4n) is 3.55. The van der Waals surface area contributed by atoms with Gasteiger partial charge in [0.25, 0.3) is 0 Å². The molecule has 1 atom stereocenters. The summed E-state index contributed by atoms with van der Waals surface area (Å²) in [5.74, 6) is 2.49. The molecule has 3 nitrogen and oxygen atoms in total. The number of hydrogen-bond acceptors (Lipinski definition) is 4. The molecule has 0 radical (unpaired) electrons. The van der Waals surface area contributed by atoms with Gasteiger partial charge in [-0.3, -0.25) is 9.80 Å². The molecule has 0 amide bonds. The van der Waals surface area contributed by atoms with E-state index in [1.165, 1.54) is 69.8 Å². The van der Waals surface area contributed by atoms with E-state index in [1.54, 1.807) is 0 Å². The summed E-state index contributed by atoms with van der Waals surface area (Å²) < 4.78 is 0. The highest BCUT2D eigenvalue weighted by Crippen LogP contribution is 2.24. The maximum absolute atomic E-state index is 5.98. The first-order valence-electron chi connectivity index (χ1n) is 8.11. The van der Waals surface area contributed by atoms with E-state index in [9.17, 15) is 0 Å². The van der Waals surface area contributed by atoms with E-state index < -0.39 is 0 Å². The molecule has 2 rings (SSSR count). The predicted molar refractivity (Wildman–Crippen MR) is 85.9 cm³/mol. The third-order valence-electron chi connectivity index (χ3n) is 4.78. The normalized spacial score (nSPS) is 24.9. The zero-order valence-electron chi connectivity index (χ0n) is 12.5. The molecular formula is C15H31N3S. The van der Waals surface area contributed by atoms with Crippen molar-refractivity contribution in [1.82, 2.24) is 9.80 Å². The minimum absolute atomic E-state index is 0.616. The summed E-state index contributed by atoms with van der Waals surface area (Å²) in [6.45, 7) is 8.06. The maximum Gasteiger partial charge on any atom is 0.0227 e. The Bertz CT molecular complexity index is 236. The molecule has 1 aliphatic heterocycles. The lowest BCUT2D eigenvalue weighted by Gasteiger charge is -2.41. The largest absolute Gasteiger partial charge is 0.329 e. The van der Waals surface area contributed by atoms with E-state index in [0.29, 0.717) is 6.04 Å². The van der Waals surface area contributed by atoms with Crippen LogP contribution < -0.4 is 5.73 Å². The first kappa shape index (κ1) is 15.6. The second kappa shape index (κ2) is 8.50. The third-order valence-corrected chi connectivity index (χ3v) is 5.71. The number of nitrogens with two attached hydrogens (primary N) is 1. The molecule has 19 heavy (non-hydrogen) atoms. The smallest absolute Gasteiger partial charge is 0.0227 e. The highest BCUT2D eigenvalue weighted by molar-refractivity contribution is 7.99. The van der Waals surface area contributed by atoms with Crippen LogP contribution in [0.25, 0.3) is 0 Å². The van der Waals surface area contributed by atoms with Gasteiger partial charge < -0.3 is 5.73 Å². The summed E-state index contributed by atoms with van der Waals surface area (Å²) in [6, 6.07) is 1.51. The lowest BCUT2D eigenvalue weighted by atomic mass is 10.1. The van der Waals surface area contributed by atoms with Crippen LogP contribution in [0.1, 0.15) is 39.0 Å². The number of piperazine rings is 1. The maximum atomic E-state index is 5.98. The molecule has 0 aromatic rings. The van der Waals surface area contributed by atoms with Crippen LogP contribution in [-0.4, -0.2) is 66.1 Å². The van der Waals surface area contributed by atoms with Crippen LogP contribution in [0.5, 0.6) is 0 Å². The summed E-state index contributed by atoms with van der Waals surface area (Å²) in [4.78, 5) is 5.37. The number of nitrogens with zero attached hydrogens (tertiary/aromatic N) is 2. The Hall–Kier alpha value is 0.230. The second-order valence-corrected chi connectivity index (χ2v) is 7.28. The van der Waals surface area contributed by atoms with Gasteiger partial charge >= 0.3 is 0 Å². The first-order chi connectivity index (χ1) is 9.35. The zero-order chi connectivity index (χ0) is 13.5. The Balaban J connectivity index is 1.71. The van der Waals surface area contributed by atoms with Crippen LogP contribution >= 0.6 is 11.8 Å². The highest BCUT2D eigenvalue weighted by atomic mass is 32.2. The van der Waals surface area contributed by atoms with Crippen molar-refractivity contribution in [3.8, 4) is 0 Å². The molecule has 112 valence electrons. The molecule has 0 aromatic carbocycles. The van der Waals surface area contributed by atoms with E-state index in [-0.39, 0.29) is 0 Å². The topological polar surface area (TPSA) is 32.5 Å². The van der Waals surface area contributed by atoms with Gasteiger partial charge in [0.05, 0.1) is 0 Å². The minimum atomic E-state index is 0.616. The minimum Gasteiger partial charge on any atom is -0.329 e. The van der Waals surface area contributed by atoms with Crippen LogP contribution in [0.15, 0.2) is 0 Å². The molecule has 1 saturated carbocycles. The summed E-state index contributed by atoms with van der Waals surface area (Å²) in [5, 5.41) is 0. The van der Waals surface area contributed by atoms with Crippen molar-refractivity contribution in [2.24, 2.45) is 5.73 Å². The summed E-state index contributed by atoms with van der Waals surface area (Å²) in [6.07, 6.45) is 7.04. The summed E-state index contributed by atoms with van der Waals surface area (Å²) in [7, 11) is 0. The van der Waals surface area contributed by atoms with Gasteiger partial charge in [0.2, 0.25) is 0 Å². The van der Waals surface area contributed by atoms with Gasteiger partial charge in [-0.1, -0.05) is 19.8 Å². The van der Waals surface area contributed by atoms with Crippen molar-refractivity contribution < 1.29 is 0 Å². The van der Waals surface area contributed by atoms with Crippen LogP contribution in [0.2, 0.25) is 0 Å². The van der Waals surface area contributed by atoms with Crippen molar-refractivity contribution in [2.45, 2.75) is 51.1 Å². The average molecular weight is 286 g/mol. The molecule has 0 bridgehead atoms. The highest BCUT2D eigenvalue weighted by Gasteiger charge is 2.28. The summed E-state index contributed by atoms with van der Waals surface area (Å²) >= 11 is 2.04. The van der Waals surface area contributed by atoms with E-state index >= 15 is 0 Å². The molecule has 1 aliphatic carbocycles. The van der Waals surface area contributed by atoms with Crippen molar-refractivity contribution >= 4 is 11.8 Å². The van der Waals surface area contributed by atoms with Gasteiger partial charge in [-0.05, 0) is 30.8 Å². The Morgan fingerprint density at radius 3 is 2.42 bits per heavy atom. The van der Waals surface area contributed by atoms with Crippen LogP contribution in [0.3, 0.4) is 0 Å². The molecule has 0 spiro atoms. The Labute approximate surface area is 123 Å². The fourth-order valence-corrected chi connectivity index (χ4v) is 4.28. The molecule has 2 aliphatic rings. The van der Waals surface area contributed by atoms with E-state index in [2.05, 4.69) is 16.7 Å². The third kappa shape index (κ3) is 4.62. The fraction of sp³-hybridized carbons (Fsp3) is 1.00. The molecule has 1 heterocycles. The Morgan fingerprint density at radius 1 is 1.16 bits per heavy atom. The van der Waals surface area contributed by atoms with Crippen molar-refractivity contribution in [3.05, 3.63) is 0 Å². The van der Waals surface area contributed by atoms with Crippen molar-refractivity contribution in [1.29, 1.82) is 0 Å². The standard InChI is InChI=1S/C15H31N3S/c1-2-19-12-7-15(13-16)18-10-8-17(9-11-18)14-5-3-4-6-14/h14-15H,2-13,16H2,1H3. The SMILES string of the molecule is CCSCCC(CN)N1CCN(C2CCCC2)CC1. The van der Waals surface area contributed by atoms with Gasteiger partial charge in [-0.15, -0.1) is 0 Å². The zero-order valence-corrected chi connectivity index (χ0v) is 13.3. The van der Waals surface area contributed by atoms with E-state index in [1.807, 2.05) is 11.8 Å². The predicted octanol–water partition coefficient (Wildman–Crippen LogP) is 2.02. The number of hydrogen-bond donors (Lipinski definition) is 1. The number of rotatable bonds is 7. The monoisotopic (exact) mass is 285 g/mol. The van der Waals surface area contributed by atoms with Crippen molar-refractivity contribution in [2.75, 3.05) is 44.2 Å².